The molecule has 0 fully saturated rings. The summed E-state index contributed by atoms with van der Waals surface area (Å²) in [6, 6.07) is 9.62. The third-order valence-electron chi connectivity index (χ3n) is 3.92. The molecule has 0 saturated heterocycles. The van der Waals surface area contributed by atoms with Crippen molar-refractivity contribution < 1.29 is 0 Å². The molecule has 0 bridgehead atoms. The first-order chi connectivity index (χ1) is 9.19. The Bertz CT molecular complexity index is 368. The predicted octanol–water partition coefficient (Wildman–Crippen LogP) is 3.32. The van der Waals surface area contributed by atoms with Crippen LogP contribution < -0.4 is 5.73 Å². The molecule has 108 valence electrons. The monoisotopic (exact) mass is 280 g/mol. The molecule has 19 heavy (non-hydrogen) atoms. The van der Waals surface area contributed by atoms with Crippen LogP contribution >= 0.6 is 11.8 Å². The fraction of sp³-hybridized carbons (Fsp3) is 0.625. The molecule has 0 aliphatic rings. The minimum Gasteiger partial charge on any atom is -0.329 e. The lowest BCUT2D eigenvalue weighted by Gasteiger charge is -2.35. The number of aryl methyl sites for hydroxylation is 1. The first-order valence-electron chi connectivity index (χ1n) is 7.18. The Morgan fingerprint density at radius 2 is 1.95 bits per heavy atom. The normalized spacial score (nSPS) is 14.6. The fourth-order valence-corrected chi connectivity index (χ4v) is 3.52. The van der Waals surface area contributed by atoms with Gasteiger partial charge in [0.1, 0.15) is 0 Å². The minimum atomic E-state index is 0.327. The summed E-state index contributed by atoms with van der Waals surface area (Å²) in [5, 5.41) is 0. The summed E-state index contributed by atoms with van der Waals surface area (Å²) in [4.78, 5) is 2.46. The van der Waals surface area contributed by atoms with E-state index in [1.165, 1.54) is 17.5 Å². The molecule has 0 aromatic heterocycles. The number of nitrogens with zero attached hydrogens (tertiary/aromatic N) is 1. The van der Waals surface area contributed by atoms with Crippen molar-refractivity contribution in [2.75, 3.05) is 25.6 Å². The summed E-state index contributed by atoms with van der Waals surface area (Å²) in [5.41, 5.74) is 8.89. The van der Waals surface area contributed by atoms with Crippen molar-refractivity contribution >= 4 is 11.8 Å². The lowest BCUT2D eigenvalue weighted by molar-refractivity contribution is 0.187. The van der Waals surface area contributed by atoms with E-state index in [9.17, 15) is 0 Å². The molecule has 0 saturated carbocycles. The minimum absolute atomic E-state index is 0.327. The van der Waals surface area contributed by atoms with Crippen molar-refractivity contribution in [2.45, 2.75) is 38.8 Å². The summed E-state index contributed by atoms with van der Waals surface area (Å²) in [6.45, 7) is 5.15. The largest absolute Gasteiger partial charge is 0.329 e. The van der Waals surface area contributed by atoms with Crippen molar-refractivity contribution in [2.24, 2.45) is 5.73 Å². The Balaban J connectivity index is 2.98. The van der Waals surface area contributed by atoms with Crippen molar-refractivity contribution in [1.82, 2.24) is 4.90 Å². The van der Waals surface area contributed by atoms with Crippen molar-refractivity contribution in [3.05, 3.63) is 35.4 Å². The molecule has 3 heteroatoms. The zero-order valence-electron chi connectivity index (χ0n) is 12.7. The van der Waals surface area contributed by atoms with E-state index in [0.29, 0.717) is 18.6 Å². The van der Waals surface area contributed by atoms with Crippen LogP contribution in [-0.2, 0) is 6.42 Å². The van der Waals surface area contributed by atoms with E-state index in [2.05, 4.69) is 56.3 Å². The van der Waals surface area contributed by atoms with Gasteiger partial charge in [-0.15, -0.1) is 0 Å². The number of thioether (sulfide) groups is 1. The average molecular weight is 280 g/mol. The summed E-state index contributed by atoms with van der Waals surface area (Å²) >= 11 is 1.91. The molecule has 0 radical (unpaired) electrons. The molecule has 0 aliphatic carbocycles. The number of hydrogen-bond acceptors (Lipinski definition) is 3. The highest BCUT2D eigenvalue weighted by Gasteiger charge is 2.23. The number of rotatable bonds is 8. The zero-order valence-corrected chi connectivity index (χ0v) is 13.5. The van der Waals surface area contributed by atoms with Gasteiger partial charge in [0.25, 0.3) is 0 Å². The smallest absolute Gasteiger partial charge is 0.0473 e. The van der Waals surface area contributed by atoms with Gasteiger partial charge in [0, 0.05) is 24.4 Å². The van der Waals surface area contributed by atoms with E-state index in [1.807, 2.05) is 11.8 Å². The lowest BCUT2D eigenvalue weighted by atomic mass is 9.96. The molecule has 2 unspecified atom stereocenters. The van der Waals surface area contributed by atoms with Gasteiger partial charge in [-0.1, -0.05) is 38.1 Å². The molecule has 0 spiro atoms. The van der Waals surface area contributed by atoms with E-state index in [4.69, 9.17) is 5.73 Å². The average Bonchev–Trinajstić information content (AvgIpc) is 2.45. The van der Waals surface area contributed by atoms with Crippen LogP contribution in [0.4, 0.5) is 0 Å². The van der Waals surface area contributed by atoms with Gasteiger partial charge in [0.2, 0.25) is 0 Å². The first kappa shape index (κ1) is 16.5. The van der Waals surface area contributed by atoms with Crippen LogP contribution in [0.1, 0.15) is 37.4 Å². The predicted molar refractivity (Wildman–Crippen MR) is 87.8 cm³/mol. The second-order valence-electron chi connectivity index (χ2n) is 4.99. The number of hydrogen-bond donors (Lipinski definition) is 1. The van der Waals surface area contributed by atoms with Crippen LogP contribution in [0.5, 0.6) is 0 Å². The van der Waals surface area contributed by atoms with Gasteiger partial charge in [-0.2, -0.15) is 11.8 Å². The van der Waals surface area contributed by atoms with E-state index in [0.717, 1.165) is 12.2 Å². The summed E-state index contributed by atoms with van der Waals surface area (Å²) < 4.78 is 0. The van der Waals surface area contributed by atoms with Crippen molar-refractivity contribution in [3.63, 3.8) is 0 Å². The maximum atomic E-state index is 6.07. The van der Waals surface area contributed by atoms with Crippen LogP contribution in [0.15, 0.2) is 24.3 Å². The SMILES string of the molecule is CCc1ccccc1C(CN)N(C)C(CC)CSC. The fourth-order valence-electron chi connectivity index (χ4n) is 2.66. The molecular formula is C16H28N2S. The molecule has 0 amide bonds. The zero-order chi connectivity index (χ0) is 14.3. The van der Waals surface area contributed by atoms with Gasteiger partial charge in [-0.05, 0) is 37.3 Å². The summed E-state index contributed by atoms with van der Waals surface area (Å²) in [5.74, 6) is 1.16. The number of likely N-dealkylation sites (N-methyl/N-ethyl adjacent to an activating group) is 1. The van der Waals surface area contributed by atoms with E-state index in [1.54, 1.807) is 0 Å². The molecule has 1 rings (SSSR count). The van der Waals surface area contributed by atoms with Crippen LogP contribution in [0.2, 0.25) is 0 Å². The summed E-state index contributed by atoms with van der Waals surface area (Å²) in [7, 11) is 2.22. The molecule has 2 N–H and O–H groups in total. The first-order valence-corrected chi connectivity index (χ1v) is 8.57. The Labute approximate surface area is 122 Å². The standard InChI is InChI=1S/C16H28N2S/c1-5-13-9-7-8-10-15(13)16(11-17)18(3)14(6-2)12-19-4/h7-10,14,16H,5-6,11-12,17H2,1-4H3. The maximum absolute atomic E-state index is 6.07. The van der Waals surface area contributed by atoms with Gasteiger partial charge < -0.3 is 5.73 Å². The van der Waals surface area contributed by atoms with Crippen LogP contribution in [-0.4, -0.2) is 36.5 Å². The molecule has 2 atom stereocenters. The Kier molecular flexibility index (Phi) is 7.51. The molecular weight excluding hydrogens is 252 g/mol. The summed E-state index contributed by atoms with van der Waals surface area (Å²) in [6.07, 6.45) is 4.41. The third-order valence-corrected chi connectivity index (χ3v) is 4.63. The van der Waals surface area contributed by atoms with E-state index < -0.39 is 0 Å². The topological polar surface area (TPSA) is 29.3 Å². The maximum Gasteiger partial charge on any atom is 0.0473 e. The van der Waals surface area contributed by atoms with Crippen LogP contribution in [0.25, 0.3) is 0 Å². The van der Waals surface area contributed by atoms with E-state index >= 15 is 0 Å². The third kappa shape index (κ3) is 4.23. The van der Waals surface area contributed by atoms with Gasteiger partial charge in [0.15, 0.2) is 0 Å². The molecule has 2 nitrogen and oxygen atoms in total. The highest BCUT2D eigenvalue weighted by atomic mass is 32.2. The van der Waals surface area contributed by atoms with Gasteiger partial charge >= 0.3 is 0 Å². The quantitative estimate of drug-likeness (QED) is 0.792. The highest BCUT2D eigenvalue weighted by molar-refractivity contribution is 7.98. The molecule has 1 aromatic rings. The highest BCUT2D eigenvalue weighted by Crippen LogP contribution is 2.26. The van der Waals surface area contributed by atoms with Crippen LogP contribution in [0.3, 0.4) is 0 Å². The Morgan fingerprint density at radius 3 is 2.47 bits per heavy atom. The molecule has 0 heterocycles. The van der Waals surface area contributed by atoms with Crippen LogP contribution in [0, 0.1) is 0 Å². The Hall–Kier alpha value is -0.510. The Morgan fingerprint density at radius 1 is 1.26 bits per heavy atom. The molecule has 1 aromatic carbocycles. The number of nitrogens with two attached hydrogens (primary N) is 1. The van der Waals surface area contributed by atoms with E-state index in [-0.39, 0.29) is 0 Å². The van der Waals surface area contributed by atoms with Gasteiger partial charge in [-0.25, -0.2) is 0 Å². The molecule has 0 aliphatic heterocycles. The van der Waals surface area contributed by atoms with Gasteiger partial charge in [0.05, 0.1) is 0 Å². The van der Waals surface area contributed by atoms with Crippen molar-refractivity contribution in [3.8, 4) is 0 Å². The number of benzene rings is 1. The van der Waals surface area contributed by atoms with Gasteiger partial charge in [-0.3, -0.25) is 4.90 Å². The second-order valence-corrected chi connectivity index (χ2v) is 5.90. The second kappa shape index (κ2) is 8.62. The lowest BCUT2D eigenvalue weighted by Crippen LogP contribution is -2.40. The van der Waals surface area contributed by atoms with Crippen molar-refractivity contribution in [1.29, 1.82) is 0 Å².